The molecule has 1 N–H and O–H groups in total. The van der Waals surface area contributed by atoms with Gasteiger partial charge in [-0.05, 0) is 24.6 Å². The van der Waals surface area contributed by atoms with Crippen molar-refractivity contribution in [1.29, 1.82) is 0 Å². The van der Waals surface area contributed by atoms with Crippen LogP contribution >= 0.6 is 11.8 Å². The van der Waals surface area contributed by atoms with Gasteiger partial charge < -0.3 is 9.47 Å². The zero-order valence-electron chi connectivity index (χ0n) is 11.4. The molecule has 0 saturated heterocycles. The number of thioether (sulfide) groups is 1. The molecule has 0 spiro atoms. The number of amides is 2. The molecule has 1 aromatic carbocycles. The van der Waals surface area contributed by atoms with Crippen LogP contribution in [0.15, 0.2) is 23.1 Å². The van der Waals surface area contributed by atoms with Crippen LogP contribution in [0.2, 0.25) is 0 Å². The highest BCUT2D eigenvalue weighted by atomic mass is 32.2. The molecule has 20 heavy (non-hydrogen) atoms. The Morgan fingerprint density at radius 1 is 1.20 bits per heavy atom. The number of benzene rings is 1. The lowest BCUT2D eigenvalue weighted by atomic mass is 10.1. The number of ether oxygens (including phenoxy) is 2. The normalized spacial score (nSPS) is 9.75. The van der Waals surface area contributed by atoms with Crippen LogP contribution in [-0.2, 0) is 14.3 Å². The highest BCUT2D eigenvalue weighted by molar-refractivity contribution is 8.00. The molecule has 0 aliphatic heterocycles. The molecular weight excluding hydrogens is 282 g/mol. The van der Waals surface area contributed by atoms with Crippen LogP contribution in [-0.4, -0.2) is 37.9 Å². The number of aryl methyl sites for hydroxylation is 1. The number of esters is 1. The third-order valence-electron chi connectivity index (χ3n) is 2.33. The molecule has 0 unspecified atom stereocenters. The number of rotatable bonds is 4. The number of hydrogen-bond donors (Lipinski definition) is 1. The highest BCUT2D eigenvalue weighted by Gasteiger charge is 2.14. The molecule has 0 heterocycles. The van der Waals surface area contributed by atoms with E-state index in [1.807, 2.05) is 12.2 Å². The van der Waals surface area contributed by atoms with Gasteiger partial charge in [-0.15, -0.1) is 11.8 Å². The van der Waals surface area contributed by atoms with Crippen molar-refractivity contribution in [2.24, 2.45) is 0 Å². The van der Waals surface area contributed by atoms with Crippen LogP contribution < -0.4 is 5.32 Å². The van der Waals surface area contributed by atoms with E-state index in [2.05, 4.69) is 9.47 Å². The van der Waals surface area contributed by atoms with Crippen molar-refractivity contribution in [2.45, 2.75) is 11.8 Å². The minimum Gasteiger partial charge on any atom is -0.465 e. The van der Waals surface area contributed by atoms with E-state index in [9.17, 15) is 14.4 Å². The zero-order valence-corrected chi connectivity index (χ0v) is 12.2. The molecule has 108 valence electrons. The topological polar surface area (TPSA) is 81.7 Å². The van der Waals surface area contributed by atoms with Gasteiger partial charge in [0, 0.05) is 4.90 Å². The van der Waals surface area contributed by atoms with Gasteiger partial charge in [-0.2, -0.15) is 0 Å². The van der Waals surface area contributed by atoms with E-state index in [0.717, 1.165) is 17.3 Å². The van der Waals surface area contributed by atoms with Crippen LogP contribution in [0, 0.1) is 6.92 Å². The summed E-state index contributed by atoms with van der Waals surface area (Å²) in [7, 11) is 2.46. The number of nitrogens with one attached hydrogen (secondary N) is 1. The molecule has 6 nitrogen and oxygen atoms in total. The molecule has 0 aliphatic carbocycles. The molecular formula is C13H15NO5S. The van der Waals surface area contributed by atoms with Crippen molar-refractivity contribution in [2.75, 3.05) is 20.0 Å². The minimum absolute atomic E-state index is 0.0114. The van der Waals surface area contributed by atoms with E-state index < -0.39 is 18.0 Å². The first-order chi connectivity index (χ1) is 9.47. The Bertz CT molecular complexity index is 529. The Morgan fingerprint density at radius 3 is 2.50 bits per heavy atom. The molecule has 2 amide bonds. The maximum atomic E-state index is 11.6. The van der Waals surface area contributed by atoms with E-state index in [-0.39, 0.29) is 5.75 Å². The Balaban J connectivity index is 2.76. The van der Waals surface area contributed by atoms with Crippen LogP contribution in [0.3, 0.4) is 0 Å². The summed E-state index contributed by atoms with van der Waals surface area (Å²) in [5, 5.41) is 2.04. The lowest BCUT2D eigenvalue weighted by Crippen LogP contribution is -2.31. The third-order valence-corrected chi connectivity index (χ3v) is 3.38. The number of alkyl carbamates (subject to hydrolysis) is 1. The standard InChI is InChI=1S/C13H15NO5S/c1-8-4-5-9(12(16)18-2)10(6-8)20-7-11(15)14-13(17)19-3/h4-6H,7H2,1-3H3,(H,14,15,17). The first kappa shape index (κ1) is 16.0. The van der Waals surface area contributed by atoms with Crippen molar-refractivity contribution < 1.29 is 23.9 Å². The minimum atomic E-state index is -0.812. The number of carbonyl (C=O) groups is 3. The summed E-state index contributed by atoms with van der Waals surface area (Å²) in [6, 6.07) is 5.20. The first-order valence-corrected chi connectivity index (χ1v) is 6.66. The first-order valence-electron chi connectivity index (χ1n) is 5.67. The van der Waals surface area contributed by atoms with Crippen molar-refractivity contribution in [1.82, 2.24) is 5.32 Å². The monoisotopic (exact) mass is 297 g/mol. The Labute approximate surface area is 120 Å². The van der Waals surface area contributed by atoms with Crippen LogP contribution in [0.25, 0.3) is 0 Å². The smallest absolute Gasteiger partial charge is 0.413 e. The average molecular weight is 297 g/mol. The van der Waals surface area contributed by atoms with E-state index >= 15 is 0 Å². The van der Waals surface area contributed by atoms with Crippen molar-refractivity contribution >= 4 is 29.7 Å². The van der Waals surface area contributed by atoms with E-state index in [1.54, 1.807) is 18.2 Å². The summed E-state index contributed by atoms with van der Waals surface area (Å²) in [6.45, 7) is 1.87. The zero-order chi connectivity index (χ0) is 15.1. The lowest BCUT2D eigenvalue weighted by molar-refractivity contribution is -0.117. The van der Waals surface area contributed by atoms with Gasteiger partial charge in [0.2, 0.25) is 5.91 Å². The van der Waals surface area contributed by atoms with Crippen molar-refractivity contribution in [3.05, 3.63) is 29.3 Å². The maximum Gasteiger partial charge on any atom is 0.413 e. The number of hydrogen-bond acceptors (Lipinski definition) is 6. The second-order valence-corrected chi connectivity index (χ2v) is 4.84. The van der Waals surface area contributed by atoms with Gasteiger partial charge in [0.25, 0.3) is 0 Å². The van der Waals surface area contributed by atoms with Crippen molar-refractivity contribution in [3.8, 4) is 0 Å². The van der Waals surface area contributed by atoms with Gasteiger partial charge in [0.1, 0.15) is 0 Å². The molecule has 0 aliphatic rings. The van der Waals surface area contributed by atoms with Gasteiger partial charge in [0.15, 0.2) is 0 Å². The molecule has 1 rings (SSSR count). The van der Waals surface area contributed by atoms with E-state index in [4.69, 9.17) is 0 Å². The Morgan fingerprint density at radius 2 is 1.90 bits per heavy atom. The summed E-state index contributed by atoms with van der Waals surface area (Å²) < 4.78 is 9.00. The Kier molecular flexibility index (Phi) is 6.05. The SMILES string of the molecule is COC(=O)NC(=O)CSc1cc(C)ccc1C(=O)OC. The largest absolute Gasteiger partial charge is 0.465 e. The van der Waals surface area contributed by atoms with Crippen LogP contribution in [0.5, 0.6) is 0 Å². The summed E-state index contributed by atoms with van der Waals surface area (Å²) in [5.74, 6) is -0.984. The van der Waals surface area contributed by atoms with Gasteiger partial charge in [-0.3, -0.25) is 10.1 Å². The third kappa shape index (κ3) is 4.58. The predicted octanol–water partition coefficient (Wildman–Crippen LogP) is 1.76. The second kappa shape index (κ2) is 7.54. The molecule has 7 heteroatoms. The van der Waals surface area contributed by atoms with Gasteiger partial charge in [0.05, 0.1) is 25.5 Å². The fourth-order valence-electron chi connectivity index (χ4n) is 1.37. The summed E-state index contributed by atoms with van der Waals surface area (Å²) >= 11 is 1.14. The van der Waals surface area contributed by atoms with Gasteiger partial charge in [-0.25, -0.2) is 9.59 Å². The number of methoxy groups -OCH3 is 2. The fourth-order valence-corrected chi connectivity index (χ4v) is 2.31. The fraction of sp³-hybridized carbons (Fsp3) is 0.308. The molecule has 0 fully saturated rings. The van der Waals surface area contributed by atoms with Crippen molar-refractivity contribution in [3.63, 3.8) is 0 Å². The van der Waals surface area contributed by atoms with E-state index in [1.165, 1.54) is 14.2 Å². The van der Waals surface area contributed by atoms with E-state index in [0.29, 0.717) is 10.5 Å². The summed E-state index contributed by atoms with van der Waals surface area (Å²) in [6.07, 6.45) is -0.812. The highest BCUT2D eigenvalue weighted by Crippen LogP contribution is 2.24. The van der Waals surface area contributed by atoms with Crippen LogP contribution in [0.1, 0.15) is 15.9 Å². The number of imide groups is 1. The molecule has 1 aromatic rings. The van der Waals surface area contributed by atoms with Gasteiger partial charge in [-0.1, -0.05) is 6.07 Å². The van der Waals surface area contributed by atoms with Crippen LogP contribution in [0.4, 0.5) is 4.79 Å². The number of carbonyl (C=O) groups excluding carboxylic acids is 3. The lowest BCUT2D eigenvalue weighted by Gasteiger charge is -2.08. The Hall–Kier alpha value is -2.02. The maximum absolute atomic E-state index is 11.6. The summed E-state index contributed by atoms with van der Waals surface area (Å²) in [5.41, 5.74) is 1.34. The second-order valence-electron chi connectivity index (χ2n) is 3.82. The molecule has 0 atom stereocenters. The molecule has 0 radical (unpaired) electrons. The molecule has 0 aromatic heterocycles. The summed E-state index contributed by atoms with van der Waals surface area (Å²) in [4.78, 5) is 34.6. The quantitative estimate of drug-likeness (QED) is 0.673. The average Bonchev–Trinajstić information content (AvgIpc) is 2.44. The predicted molar refractivity (Wildman–Crippen MR) is 73.8 cm³/mol. The molecule has 0 bridgehead atoms. The van der Waals surface area contributed by atoms with Gasteiger partial charge >= 0.3 is 12.1 Å². The molecule has 0 saturated carbocycles.